The molecule has 2 aliphatic rings. The lowest BCUT2D eigenvalue weighted by Crippen LogP contribution is -2.51. The van der Waals surface area contributed by atoms with Crippen LogP contribution in [0.2, 0.25) is 10.0 Å². The highest BCUT2D eigenvalue weighted by Crippen LogP contribution is 2.36. The van der Waals surface area contributed by atoms with Crippen LogP contribution >= 0.6 is 23.2 Å². The lowest BCUT2D eigenvalue weighted by molar-refractivity contribution is -0.121. The number of piperidine rings is 1. The minimum absolute atomic E-state index is 0.0291. The van der Waals surface area contributed by atoms with Crippen LogP contribution in [0, 0.1) is 5.82 Å². The lowest BCUT2D eigenvalue weighted by atomic mass is 10.0. The van der Waals surface area contributed by atoms with E-state index in [-0.39, 0.29) is 22.0 Å². The first-order valence-electron chi connectivity index (χ1n) is 6.78. The van der Waals surface area contributed by atoms with Crippen molar-refractivity contribution in [1.29, 1.82) is 0 Å². The van der Waals surface area contributed by atoms with Crippen molar-refractivity contribution in [3.63, 3.8) is 0 Å². The maximum Gasteiger partial charge on any atom is 0.244 e. The first kappa shape index (κ1) is 14.1. The summed E-state index contributed by atoms with van der Waals surface area (Å²) in [4.78, 5) is 14.1. The van der Waals surface area contributed by atoms with Crippen LogP contribution < -0.4 is 10.2 Å². The van der Waals surface area contributed by atoms with Crippen LogP contribution in [0.5, 0.6) is 0 Å². The summed E-state index contributed by atoms with van der Waals surface area (Å²) < 4.78 is 13.2. The van der Waals surface area contributed by atoms with Gasteiger partial charge in [-0.2, -0.15) is 0 Å². The third kappa shape index (κ3) is 2.78. The van der Waals surface area contributed by atoms with Gasteiger partial charge in [-0.3, -0.25) is 4.79 Å². The van der Waals surface area contributed by atoms with Crippen LogP contribution in [0.15, 0.2) is 12.1 Å². The Bertz CT molecular complexity index is 525. The number of halogens is 3. The minimum Gasteiger partial charge on any atom is -0.308 e. The second kappa shape index (κ2) is 5.51. The number of nitrogens with zero attached hydrogens (tertiary/aromatic N) is 1. The fraction of sp³-hybridized carbons (Fsp3) is 0.500. The average molecular weight is 317 g/mol. The van der Waals surface area contributed by atoms with Gasteiger partial charge in [0, 0.05) is 12.6 Å². The molecule has 1 unspecified atom stereocenters. The molecule has 1 aliphatic heterocycles. The molecule has 0 spiro atoms. The molecule has 1 aliphatic carbocycles. The van der Waals surface area contributed by atoms with Gasteiger partial charge in [-0.1, -0.05) is 23.2 Å². The van der Waals surface area contributed by atoms with E-state index in [9.17, 15) is 9.18 Å². The summed E-state index contributed by atoms with van der Waals surface area (Å²) in [6.07, 6.45) is 3.95. The molecule has 1 aromatic rings. The molecule has 1 saturated heterocycles. The SMILES string of the molecule is O=C1C(NC2CC2)CCCN1c1c(Cl)cc(F)cc1Cl. The predicted molar refractivity (Wildman–Crippen MR) is 78.0 cm³/mol. The van der Waals surface area contributed by atoms with Gasteiger partial charge in [-0.05, 0) is 37.8 Å². The van der Waals surface area contributed by atoms with Crippen LogP contribution in [-0.4, -0.2) is 24.5 Å². The van der Waals surface area contributed by atoms with E-state index in [1.54, 1.807) is 4.90 Å². The van der Waals surface area contributed by atoms with Gasteiger partial charge in [0.2, 0.25) is 5.91 Å². The highest BCUT2D eigenvalue weighted by molar-refractivity contribution is 6.40. The molecule has 20 heavy (non-hydrogen) atoms. The molecule has 3 rings (SSSR count). The summed E-state index contributed by atoms with van der Waals surface area (Å²) in [6, 6.07) is 2.65. The van der Waals surface area contributed by atoms with Gasteiger partial charge in [-0.25, -0.2) is 4.39 Å². The van der Waals surface area contributed by atoms with Crippen molar-refractivity contribution in [2.24, 2.45) is 0 Å². The summed E-state index contributed by atoms with van der Waals surface area (Å²) in [5.41, 5.74) is 0.419. The molecule has 1 aromatic carbocycles. The van der Waals surface area contributed by atoms with Crippen molar-refractivity contribution in [1.82, 2.24) is 5.32 Å². The molecule has 1 saturated carbocycles. The van der Waals surface area contributed by atoms with E-state index in [4.69, 9.17) is 23.2 Å². The van der Waals surface area contributed by atoms with Gasteiger partial charge >= 0.3 is 0 Å². The van der Waals surface area contributed by atoms with E-state index in [0.717, 1.165) is 25.7 Å². The Balaban J connectivity index is 1.86. The van der Waals surface area contributed by atoms with E-state index >= 15 is 0 Å². The number of hydrogen-bond acceptors (Lipinski definition) is 2. The van der Waals surface area contributed by atoms with E-state index in [1.165, 1.54) is 12.1 Å². The number of anilines is 1. The number of carbonyl (C=O) groups is 1. The van der Waals surface area contributed by atoms with Crippen molar-refractivity contribution >= 4 is 34.8 Å². The number of amides is 1. The fourth-order valence-electron chi connectivity index (χ4n) is 2.58. The molecular weight excluding hydrogens is 302 g/mol. The summed E-state index contributed by atoms with van der Waals surface area (Å²) >= 11 is 12.1. The molecule has 6 heteroatoms. The maximum atomic E-state index is 13.2. The summed E-state index contributed by atoms with van der Waals surface area (Å²) in [6.45, 7) is 0.562. The summed E-state index contributed by atoms with van der Waals surface area (Å²) in [5, 5.41) is 3.69. The Labute approximate surface area is 127 Å². The molecule has 1 heterocycles. The van der Waals surface area contributed by atoms with Crippen molar-refractivity contribution < 1.29 is 9.18 Å². The monoisotopic (exact) mass is 316 g/mol. The molecule has 108 valence electrons. The smallest absolute Gasteiger partial charge is 0.244 e. The first-order valence-corrected chi connectivity index (χ1v) is 7.54. The summed E-state index contributed by atoms with van der Waals surface area (Å²) in [7, 11) is 0. The molecule has 0 aromatic heterocycles. The molecule has 2 fully saturated rings. The Morgan fingerprint density at radius 1 is 1.20 bits per heavy atom. The quantitative estimate of drug-likeness (QED) is 0.927. The first-order chi connectivity index (χ1) is 9.56. The van der Waals surface area contributed by atoms with E-state index in [1.807, 2.05) is 0 Å². The van der Waals surface area contributed by atoms with Gasteiger partial charge < -0.3 is 10.2 Å². The third-order valence-corrected chi connectivity index (χ3v) is 4.28. The van der Waals surface area contributed by atoms with Crippen molar-refractivity contribution in [2.45, 2.75) is 37.8 Å². The number of benzene rings is 1. The Morgan fingerprint density at radius 2 is 1.85 bits per heavy atom. The Hall–Kier alpha value is -0.840. The highest BCUT2D eigenvalue weighted by Gasteiger charge is 2.35. The van der Waals surface area contributed by atoms with Gasteiger partial charge in [0.05, 0.1) is 21.8 Å². The van der Waals surface area contributed by atoms with E-state index in [2.05, 4.69) is 5.32 Å². The third-order valence-electron chi connectivity index (χ3n) is 3.70. The van der Waals surface area contributed by atoms with Crippen molar-refractivity contribution in [3.05, 3.63) is 28.0 Å². The van der Waals surface area contributed by atoms with Crippen molar-refractivity contribution in [3.8, 4) is 0 Å². The molecule has 1 amide bonds. The number of nitrogens with one attached hydrogen (secondary N) is 1. The topological polar surface area (TPSA) is 32.3 Å². The second-order valence-corrected chi connectivity index (χ2v) is 6.16. The van der Waals surface area contributed by atoms with Crippen LogP contribution in [0.4, 0.5) is 10.1 Å². The normalized spacial score (nSPS) is 23.2. The fourth-order valence-corrected chi connectivity index (χ4v) is 3.24. The maximum absolute atomic E-state index is 13.2. The Kier molecular flexibility index (Phi) is 3.89. The zero-order valence-corrected chi connectivity index (χ0v) is 12.3. The Morgan fingerprint density at radius 3 is 2.45 bits per heavy atom. The minimum atomic E-state index is -0.499. The summed E-state index contributed by atoms with van der Waals surface area (Å²) in [5.74, 6) is -0.528. The van der Waals surface area contributed by atoms with Crippen LogP contribution in [0.25, 0.3) is 0 Å². The van der Waals surface area contributed by atoms with Gasteiger partial charge in [-0.15, -0.1) is 0 Å². The average Bonchev–Trinajstić information content (AvgIpc) is 3.16. The lowest BCUT2D eigenvalue weighted by Gasteiger charge is -2.33. The molecular formula is C14H15Cl2FN2O. The molecule has 0 bridgehead atoms. The number of carbonyl (C=O) groups excluding carboxylic acids is 1. The van der Waals surface area contributed by atoms with Gasteiger partial charge in [0.15, 0.2) is 0 Å². The molecule has 1 N–H and O–H groups in total. The molecule has 0 radical (unpaired) electrons. The van der Waals surface area contributed by atoms with Gasteiger partial charge in [0.1, 0.15) is 5.82 Å². The van der Waals surface area contributed by atoms with Crippen LogP contribution in [-0.2, 0) is 4.79 Å². The largest absolute Gasteiger partial charge is 0.308 e. The zero-order valence-electron chi connectivity index (χ0n) is 10.8. The molecule has 1 atom stereocenters. The predicted octanol–water partition coefficient (Wildman–Crippen LogP) is 3.38. The highest BCUT2D eigenvalue weighted by atomic mass is 35.5. The zero-order chi connectivity index (χ0) is 14.3. The van der Waals surface area contributed by atoms with Crippen LogP contribution in [0.1, 0.15) is 25.7 Å². The molecule has 3 nitrogen and oxygen atoms in total. The number of hydrogen-bond donors (Lipinski definition) is 1. The van der Waals surface area contributed by atoms with Crippen LogP contribution in [0.3, 0.4) is 0 Å². The number of rotatable bonds is 3. The second-order valence-electron chi connectivity index (χ2n) is 5.34. The van der Waals surface area contributed by atoms with E-state index in [0.29, 0.717) is 18.3 Å². The standard InChI is InChI=1S/C14H15Cl2FN2O/c15-10-6-8(17)7-11(16)13(10)19-5-1-2-12(14(19)20)18-9-3-4-9/h6-7,9,12,18H,1-5H2. The van der Waals surface area contributed by atoms with Gasteiger partial charge in [0.25, 0.3) is 0 Å². The van der Waals surface area contributed by atoms with E-state index < -0.39 is 5.82 Å². The van der Waals surface area contributed by atoms with Crippen molar-refractivity contribution in [2.75, 3.05) is 11.4 Å².